The number of fused-ring (bicyclic) bond motifs is 1. The van der Waals surface area contributed by atoms with Crippen molar-refractivity contribution < 1.29 is 9.53 Å². The van der Waals surface area contributed by atoms with Crippen LogP contribution < -0.4 is 4.74 Å². The van der Waals surface area contributed by atoms with Crippen molar-refractivity contribution in [2.24, 2.45) is 5.92 Å². The molecule has 2 aromatic rings. The molecule has 0 spiro atoms. The third kappa shape index (κ3) is 3.53. The molecule has 0 bridgehead atoms. The van der Waals surface area contributed by atoms with Crippen LogP contribution in [0.1, 0.15) is 23.5 Å². The maximum absolute atomic E-state index is 13.0. The summed E-state index contributed by atoms with van der Waals surface area (Å²) in [5.74, 6) is 1.36. The maximum Gasteiger partial charge on any atom is 0.267 e. The fraction of sp³-hybridized carbons (Fsp3) is 0.500. The molecule has 1 aromatic heterocycles. The van der Waals surface area contributed by atoms with Gasteiger partial charge in [0.1, 0.15) is 10.6 Å². The van der Waals surface area contributed by atoms with Crippen LogP contribution in [0, 0.1) is 5.92 Å². The molecule has 0 N–H and O–H groups in total. The topological polar surface area (TPSA) is 32.8 Å². The number of rotatable bonds is 4. The standard InChI is InChI=1S/C18H23ClN2O2S/c1-12(2)11-20-6-8-21(9-7-20)18(22)17-16(23-3)14-10-13(19)4-5-15(14)24-17/h4-5,10,12H,6-9,11H2,1-3H3. The number of carbonyl (C=O) groups is 1. The van der Waals surface area contributed by atoms with E-state index in [0.29, 0.717) is 21.6 Å². The van der Waals surface area contributed by atoms with Gasteiger partial charge in [0.2, 0.25) is 0 Å². The first kappa shape index (κ1) is 17.5. The van der Waals surface area contributed by atoms with Crippen molar-refractivity contribution in [2.75, 3.05) is 39.8 Å². The molecule has 0 unspecified atom stereocenters. The lowest BCUT2D eigenvalue weighted by Crippen LogP contribution is -2.49. The van der Waals surface area contributed by atoms with E-state index in [1.807, 2.05) is 23.1 Å². The second kappa shape index (κ2) is 7.30. The SMILES string of the molecule is COc1c(C(=O)N2CCN(CC(C)C)CC2)sc2ccc(Cl)cc12. The van der Waals surface area contributed by atoms with E-state index in [-0.39, 0.29) is 5.91 Å². The molecule has 0 saturated carbocycles. The van der Waals surface area contributed by atoms with E-state index in [1.165, 1.54) is 11.3 Å². The Balaban J connectivity index is 1.79. The predicted octanol–water partition coefficient (Wildman–Crippen LogP) is 3.98. The van der Waals surface area contributed by atoms with Gasteiger partial charge in [0.25, 0.3) is 5.91 Å². The molecule has 1 fully saturated rings. The van der Waals surface area contributed by atoms with Gasteiger partial charge in [-0.3, -0.25) is 9.69 Å². The van der Waals surface area contributed by atoms with Crippen LogP contribution in [-0.4, -0.2) is 55.5 Å². The van der Waals surface area contributed by atoms with E-state index < -0.39 is 0 Å². The van der Waals surface area contributed by atoms with Crippen molar-refractivity contribution in [1.82, 2.24) is 9.80 Å². The number of halogens is 1. The second-order valence-electron chi connectivity index (χ2n) is 6.59. The van der Waals surface area contributed by atoms with Crippen LogP contribution in [0.5, 0.6) is 5.75 Å². The number of thiophene rings is 1. The van der Waals surface area contributed by atoms with Crippen LogP contribution in [0.3, 0.4) is 0 Å². The maximum atomic E-state index is 13.0. The molecule has 3 rings (SSSR count). The highest BCUT2D eigenvalue weighted by atomic mass is 35.5. The minimum Gasteiger partial charge on any atom is -0.494 e. The van der Waals surface area contributed by atoms with Gasteiger partial charge in [-0.25, -0.2) is 0 Å². The minimum atomic E-state index is 0.0633. The Hall–Kier alpha value is -1.30. The monoisotopic (exact) mass is 366 g/mol. The van der Waals surface area contributed by atoms with Gasteiger partial charge in [0, 0.05) is 47.8 Å². The van der Waals surface area contributed by atoms with E-state index >= 15 is 0 Å². The number of amides is 1. The molecule has 0 aliphatic carbocycles. The zero-order chi connectivity index (χ0) is 17.3. The first-order valence-corrected chi connectivity index (χ1v) is 9.46. The molecule has 1 aliphatic rings. The van der Waals surface area contributed by atoms with Crippen molar-refractivity contribution in [3.05, 3.63) is 28.1 Å². The second-order valence-corrected chi connectivity index (χ2v) is 8.08. The zero-order valence-corrected chi connectivity index (χ0v) is 15.9. The van der Waals surface area contributed by atoms with Crippen LogP contribution in [0.4, 0.5) is 0 Å². The van der Waals surface area contributed by atoms with Gasteiger partial charge in [-0.05, 0) is 24.1 Å². The summed E-state index contributed by atoms with van der Waals surface area (Å²) in [7, 11) is 1.61. The van der Waals surface area contributed by atoms with Gasteiger partial charge in [0.05, 0.1) is 7.11 Å². The molecular weight excluding hydrogens is 344 g/mol. The molecule has 1 amide bonds. The predicted molar refractivity (Wildman–Crippen MR) is 101 cm³/mol. The normalized spacial score (nSPS) is 16.1. The van der Waals surface area contributed by atoms with Gasteiger partial charge >= 0.3 is 0 Å². The number of hydrogen-bond acceptors (Lipinski definition) is 4. The molecule has 2 heterocycles. The zero-order valence-electron chi connectivity index (χ0n) is 14.3. The molecule has 0 radical (unpaired) electrons. The van der Waals surface area contributed by atoms with Crippen LogP contribution in [0.2, 0.25) is 5.02 Å². The first-order chi connectivity index (χ1) is 11.5. The highest BCUT2D eigenvalue weighted by Crippen LogP contribution is 2.39. The largest absolute Gasteiger partial charge is 0.494 e. The Morgan fingerprint density at radius 3 is 2.62 bits per heavy atom. The fourth-order valence-corrected chi connectivity index (χ4v) is 4.48. The summed E-state index contributed by atoms with van der Waals surface area (Å²) in [6.07, 6.45) is 0. The van der Waals surface area contributed by atoms with Crippen molar-refractivity contribution >= 4 is 38.9 Å². The Morgan fingerprint density at radius 2 is 2.00 bits per heavy atom. The Morgan fingerprint density at radius 1 is 1.29 bits per heavy atom. The van der Waals surface area contributed by atoms with Gasteiger partial charge in [-0.15, -0.1) is 11.3 Å². The number of nitrogens with zero attached hydrogens (tertiary/aromatic N) is 2. The smallest absolute Gasteiger partial charge is 0.267 e. The number of ether oxygens (including phenoxy) is 1. The average Bonchev–Trinajstić information content (AvgIpc) is 2.92. The Labute approximate surface area is 151 Å². The molecule has 1 aliphatic heterocycles. The molecular formula is C18H23ClN2O2S. The summed E-state index contributed by atoms with van der Waals surface area (Å²) >= 11 is 7.57. The van der Waals surface area contributed by atoms with E-state index in [1.54, 1.807) is 7.11 Å². The lowest BCUT2D eigenvalue weighted by molar-refractivity contribution is 0.0626. The fourth-order valence-electron chi connectivity index (χ4n) is 3.18. The summed E-state index contributed by atoms with van der Waals surface area (Å²) in [5, 5.41) is 1.57. The van der Waals surface area contributed by atoms with Gasteiger partial charge in [0.15, 0.2) is 0 Å². The summed E-state index contributed by atoms with van der Waals surface area (Å²) in [4.78, 5) is 18.0. The van der Waals surface area contributed by atoms with Crippen molar-refractivity contribution in [3.8, 4) is 5.75 Å². The number of carbonyl (C=O) groups excluding carboxylic acids is 1. The number of methoxy groups -OCH3 is 1. The van der Waals surface area contributed by atoms with Gasteiger partial charge in [-0.2, -0.15) is 0 Å². The molecule has 6 heteroatoms. The quantitative estimate of drug-likeness (QED) is 0.820. The van der Waals surface area contributed by atoms with Crippen molar-refractivity contribution in [2.45, 2.75) is 13.8 Å². The van der Waals surface area contributed by atoms with Crippen LogP contribution >= 0.6 is 22.9 Å². The third-order valence-electron chi connectivity index (χ3n) is 4.29. The Kier molecular flexibility index (Phi) is 5.33. The van der Waals surface area contributed by atoms with Crippen LogP contribution in [-0.2, 0) is 0 Å². The van der Waals surface area contributed by atoms with Crippen molar-refractivity contribution in [3.63, 3.8) is 0 Å². The molecule has 4 nitrogen and oxygen atoms in total. The van der Waals surface area contributed by atoms with E-state index in [0.717, 1.165) is 42.8 Å². The molecule has 24 heavy (non-hydrogen) atoms. The first-order valence-electron chi connectivity index (χ1n) is 8.27. The van der Waals surface area contributed by atoms with Crippen LogP contribution in [0.25, 0.3) is 10.1 Å². The average molecular weight is 367 g/mol. The molecule has 130 valence electrons. The van der Waals surface area contributed by atoms with Gasteiger partial charge in [-0.1, -0.05) is 25.4 Å². The minimum absolute atomic E-state index is 0.0633. The highest BCUT2D eigenvalue weighted by Gasteiger charge is 2.27. The Bertz CT molecular complexity index is 736. The summed E-state index contributed by atoms with van der Waals surface area (Å²) in [5.41, 5.74) is 0. The van der Waals surface area contributed by atoms with Crippen molar-refractivity contribution in [1.29, 1.82) is 0 Å². The lowest BCUT2D eigenvalue weighted by atomic mass is 10.2. The molecule has 0 atom stereocenters. The molecule has 1 saturated heterocycles. The summed E-state index contributed by atoms with van der Waals surface area (Å²) in [6, 6.07) is 5.66. The van der Waals surface area contributed by atoms with Gasteiger partial charge < -0.3 is 9.64 Å². The molecule has 1 aromatic carbocycles. The lowest BCUT2D eigenvalue weighted by Gasteiger charge is -2.35. The van der Waals surface area contributed by atoms with E-state index in [9.17, 15) is 4.79 Å². The number of benzene rings is 1. The van der Waals surface area contributed by atoms with E-state index in [4.69, 9.17) is 16.3 Å². The van der Waals surface area contributed by atoms with Crippen LogP contribution in [0.15, 0.2) is 18.2 Å². The number of hydrogen-bond donors (Lipinski definition) is 0. The highest BCUT2D eigenvalue weighted by molar-refractivity contribution is 7.21. The third-order valence-corrected chi connectivity index (χ3v) is 5.66. The number of piperazine rings is 1. The summed E-state index contributed by atoms with van der Waals surface area (Å²) in [6.45, 7) is 8.95. The summed E-state index contributed by atoms with van der Waals surface area (Å²) < 4.78 is 6.56. The van der Waals surface area contributed by atoms with E-state index in [2.05, 4.69) is 18.7 Å².